The van der Waals surface area contributed by atoms with Gasteiger partial charge in [0.1, 0.15) is 5.75 Å². The summed E-state index contributed by atoms with van der Waals surface area (Å²) in [5.41, 5.74) is -1.09. The van der Waals surface area contributed by atoms with Crippen LogP contribution in [0.3, 0.4) is 0 Å². The molecule has 1 N–H and O–H groups in total. The zero-order chi connectivity index (χ0) is 18.0. The quantitative estimate of drug-likeness (QED) is 0.778. The van der Waals surface area contributed by atoms with E-state index >= 15 is 0 Å². The summed E-state index contributed by atoms with van der Waals surface area (Å²) in [4.78, 5) is 24.5. The third-order valence-corrected chi connectivity index (χ3v) is 4.98. The lowest BCUT2D eigenvalue weighted by atomic mass is 9.74. The van der Waals surface area contributed by atoms with E-state index in [1.165, 1.54) is 20.0 Å². The molecule has 1 fully saturated rings. The first-order valence-corrected chi connectivity index (χ1v) is 8.31. The topological polar surface area (TPSA) is 64.6 Å². The molecule has 0 saturated heterocycles. The zero-order valence-corrected chi connectivity index (χ0v) is 15.1. The molecular formula is C19H27NO4. The lowest BCUT2D eigenvalue weighted by molar-refractivity contribution is -0.154. The van der Waals surface area contributed by atoms with Crippen LogP contribution in [0.25, 0.3) is 0 Å². The summed E-state index contributed by atoms with van der Waals surface area (Å²) >= 11 is 0. The van der Waals surface area contributed by atoms with Gasteiger partial charge in [0.15, 0.2) is 0 Å². The second-order valence-electron chi connectivity index (χ2n) is 7.47. The second-order valence-corrected chi connectivity index (χ2v) is 7.47. The Balaban J connectivity index is 2.01. The first-order valence-electron chi connectivity index (χ1n) is 8.31. The number of esters is 1. The smallest absolute Gasteiger partial charge is 0.313 e. The van der Waals surface area contributed by atoms with Crippen LogP contribution in [-0.4, -0.2) is 31.1 Å². The molecule has 1 aliphatic carbocycles. The number of hydrogen-bond acceptors (Lipinski definition) is 4. The van der Waals surface area contributed by atoms with Gasteiger partial charge in [-0.2, -0.15) is 0 Å². The van der Waals surface area contributed by atoms with Crippen LogP contribution in [-0.2, 0) is 9.53 Å². The highest BCUT2D eigenvalue weighted by atomic mass is 16.5. The standard InChI is InChI=1S/C19H27NO4/c1-18(2,17(22)23-5)19(3,4)20-16(21)14-8-10-15(11-9-14)24-12-13-6-7-13/h8-11,13H,6-7,12H2,1-5H3,(H,20,21). The normalized spacial score (nSPS) is 14.9. The van der Waals surface area contributed by atoms with Gasteiger partial charge in [-0.25, -0.2) is 0 Å². The molecule has 1 amide bonds. The number of carbonyl (C=O) groups excluding carboxylic acids is 2. The van der Waals surface area contributed by atoms with Crippen LogP contribution in [0.2, 0.25) is 0 Å². The monoisotopic (exact) mass is 333 g/mol. The molecule has 0 atom stereocenters. The number of hydrogen-bond donors (Lipinski definition) is 1. The molecule has 0 heterocycles. The second kappa shape index (κ2) is 6.83. The summed E-state index contributed by atoms with van der Waals surface area (Å²) in [6.45, 7) is 7.89. The number of rotatable bonds is 7. The fourth-order valence-electron chi connectivity index (χ4n) is 2.22. The Labute approximate surface area is 143 Å². The fraction of sp³-hybridized carbons (Fsp3) is 0.579. The Bertz CT molecular complexity index is 600. The molecule has 1 aromatic rings. The molecule has 0 unspecified atom stereocenters. The van der Waals surface area contributed by atoms with Crippen molar-refractivity contribution >= 4 is 11.9 Å². The summed E-state index contributed by atoms with van der Waals surface area (Å²) in [5.74, 6) is 0.865. The van der Waals surface area contributed by atoms with Gasteiger partial charge in [0, 0.05) is 5.56 Å². The van der Waals surface area contributed by atoms with Crippen molar-refractivity contribution in [1.82, 2.24) is 5.32 Å². The lowest BCUT2D eigenvalue weighted by Crippen LogP contribution is -2.57. The maximum absolute atomic E-state index is 12.5. The van der Waals surface area contributed by atoms with Crippen LogP contribution in [0.1, 0.15) is 50.9 Å². The molecule has 2 rings (SSSR count). The van der Waals surface area contributed by atoms with E-state index in [2.05, 4.69) is 5.32 Å². The maximum atomic E-state index is 12.5. The van der Waals surface area contributed by atoms with E-state index in [0.717, 1.165) is 12.4 Å². The van der Waals surface area contributed by atoms with Crippen molar-refractivity contribution in [3.8, 4) is 5.75 Å². The minimum Gasteiger partial charge on any atom is -0.493 e. The van der Waals surface area contributed by atoms with E-state index in [1.807, 2.05) is 13.8 Å². The summed E-state index contributed by atoms with van der Waals surface area (Å²) in [7, 11) is 1.35. The molecule has 0 spiro atoms. The number of nitrogens with one attached hydrogen (secondary N) is 1. The number of methoxy groups -OCH3 is 1. The zero-order valence-electron chi connectivity index (χ0n) is 15.1. The molecule has 0 bridgehead atoms. The van der Waals surface area contributed by atoms with Crippen molar-refractivity contribution in [3.05, 3.63) is 29.8 Å². The SMILES string of the molecule is COC(=O)C(C)(C)C(C)(C)NC(=O)c1ccc(OCC2CC2)cc1. The number of ether oxygens (including phenoxy) is 2. The molecule has 5 nitrogen and oxygen atoms in total. The lowest BCUT2D eigenvalue weighted by Gasteiger charge is -2.39. The maximum Gasteiger partial charge on any atom is 0.313 e. The van der Waals surface area contributed by atoms with Gasteiger partial charge in [0.25, 0.3) is 5.91 Å². The van der Waals surface area contributed by atoms with E-state index < -0.39 is 11.0 Å². The number of amides is 1. The summed E-state index contributed by atoms with van der Waals surface area (Å²) in [5, 5.41) is 2.93. The predicted molar refractivity (Wildman–Crippen MR) is 92.0 cm³/mol. The number of benzene rings is 1. The molecule has 1 aliphatic rings. The van der Waals surface area contributed by atoms with Crippen molar-refractivity contribution in [1.29, 1.82) is 0 Å². The predicted octanol–water partition coefficient (Wildman–Crippen LogP) is 3.18. The molecule has 24 heavy (non-hydrogen) atoms. The van der Waals surface area contributed by atoms with Gasteiger partial charge in [-0.1, -0.05) is 0 Å². The van der Waals surface area contributed by atoms with Gasteiger partial charge >= 0.3 is 5.97 Å². The largest absolute Gasteiger partial charge is 0.493 e. The van der Waals surface area contributed by atoms with E-state index in [4.69, 9.17) is 9.47 Å². The number of carbonyl (C=O) groups is 2. The Morgan fingerprint density at radius 2 is 1.71 bits per heavy atom. The van der Waals surface area contributed by atoms with Gasteiger partial charge in [-0.15, -0.1) is 0 Å². The van der Waals surface area contributed by atoms with Crippen molar-refractivity contribution in [3.63, 3.8) is 0 Å². The van der Waals surface area contributed by atoms with Crippen molar-refractivity contribution in [2.75, 3.05) is 13.7 Å². The highest BCUT2D eigenvalue weighted by Crippen LogP contribution is 2.32. The van der Waals surface area contributed by atoms with Crippen LogP contribution < -0.4 is 10.1 Å². The van der Waals surface area contributed by atoms with E-state index in [9.17, 15) is 9.59 Å². The summed E-state index contributed by atoms with van der Waals surface area (Å²) in [6.07, 6.45) is 2.48. The first-order chi connectivity index (χ1) is 11.2. The minimum absolute atomic E-state index is 0.231. The van der Waals surface area contributed by atoms with E-state index in [0.29, 0.717) is 11.5 Å². The molecule has 0 aliphatic heterocycles. The first kappa shape index (κ1) is 18.3. The van der Waals surface area contributed by atoms with Gasteiger partial charge in [0.05, 0.1) is 24.7 Å². The third-order valence-electron chi connectivity index (χ3n) is 4.98. The Hall–Kier alpha value is -2.04. The molecule has 0 radical (unpaired) electrons. The van der Waals surface area contributed by atoms with Gasteiger partial charge in [0.2, 0.25) is 0 Å². The highest BCUT2D eigenvalue weighted by molar-refractivity contribution is 5.95. The summed E-state index contributed by atoms with van der Waals surface area (Å²) < 4.78 is 10.5. The van der Waals surface area contributed by atoms with Crippen molar-refractivity contribution < 1.29 is 19.1 Å². The molecular weight excluding hydrogens is 306 g/mol. The van der Waals surface area contributed by atoms with Crippen molar-refractivity contribution in [2.24, 2.45) is 11.3 Å². The molecule has 1 saturated carbocycles. The average Bonchev–Trinajstić information content (AvgIpc) is 3.36. The Morgan fingerprint density at radius 1 is 1.12 bits per heavy atom. The minimum atomic E-state index is -0.856. The van der Waals surface area contributed by atoms with Crippen molar-refractivity contribution in [2.45, 2.75) is 46.1 Å². The highest BCUT2D eigenvalue weighted by Gasteiger charge is 2.45. The molecule has 1 aromatic carbocycles. The van der Waals surface area contributed by atoms with Crippen LogP contribution in [0, 0.1) is 11.3 Å². The Kier molecular flexibility index (Phi) is 5.21. The van der Waals surface area contributed by atoms with Crippen LogP contribution in [0.4, 0.5) is 0 Å². The molecule has 132 valence electrons. The fourth-order valence-corrected chi connectivity index (χ4v) is 2.22. The van der Waals surface area contributed by atoms with E-state index in [-0.39, 0.29) is 11.9 Å². The van der Waals surface area contributed by atoms with E-state index in [1.54, 1.807) is 38.1 Å². The summed E-state index contributed by atoms with van der Waals surface area (Å²) in [6, 6.07) is 7.07. The third kappa shape index (κ3) is 4.08. The van der Waals surface area contributed by atoms with Gasteiger partial charge in [-0.3, -0.25) is 9.59 Å². The van der Waals surface area contributed by atoms with Crippen LogP contribution in [0.5, 0.6) is 5.75 Å². The molecule has 5 heteroatoms. The Morgan fingerprint density at radius 3 is 2.21 bits per heavy atom. The molecule has 0 aromatic heterocycles. The van der Waals surface area contributed by atoms with Crippen LogP contribution >= 0.6 is 0 Å². The van der Waals surface area contributed by atoms with Gasteiger partial charge < -0.3 is 14.8 Å². The average molecular weight is 333 g/mol. The van der Waals surface area contributed by atoms with Crippen LogP contribution in [0.15, 0.2) is 24.3 Å². The van der Waals surface area contributed by atoms with Gasteiger partial charge in [-0.05, 0) is 70.7 Å².